The second-order valence-corrected chi connectivity index (χ2v) is 4.64. The van der Waals surface area contributed by atoms with E-state index in [1.165, 1.54) is 0 Å². The van der Waals surface area contributed by atoms with Gasteiger partial charge in [0.15, 0.2) is 0 Å². The lowest BCUT2D eigenvalue weighted by Gasteiger charge is -2.20. The summed E-state index contributed by atoms with van der Waals surface area (Å²) < 4.78 is 0. The largest absolute Gasteiger partial charge is 0.387 e. The fourth-order valence-corrected chi connectivity index (χ4v) is 1.97. The predicted octanol–water partition coefficient (Wildman–Crippen LogP) is 1.88. The maximum absolute atomic E-state index is 10.1. The Morgan fingerprint density at radius 2 is 2.06 bits per heavy atom. The monoisotopic (exact) mass is 245 g/mol. The number of hydrogen-bond acceptors (Lipinski definition) is 3. The van der Waals surface area contributed by atoms with Gasteiger partial charge in [-0.2, -0.15) is 5.10 Å². The Kier molecular flexibility index (Phi) is 4.12. The van der Waals surface area contributed by atoms with Gasteiger partial charge in [0, 0.05) is 24.3 Å². The molecule has 1 atom stereocenters. The Labute approximate surface area is 107 Å². The van der Waals surface area contributed by atoms with Crippen LogP contribution in [0.1, 0.15) is 22.9 Å². The van der Waals surface area contributed by atoms with Gasteiger partial charge in [0.25, 0.3) is 0 Å². The van der Waals surface area contributed by atoms with Crippen LogP contribution in [0.4, 0.5) is 0 Å². The molecule has 0 bridgehead atoms. The fraction of sp³-hybridized carbons (Fsp3) is 0.357. The van der Waals surface area contributed by atoms with E-state index in [9.17, 15) is 5.11 Å². The summed E-state index contributed by atoms with van der Waals surface area (Å²) in [5.41, 5.74) is 3.20. The fourth-order valence-electron chi connectivity index (χ4n) is 1.97. The highest BCUT2D eigenvalue weighted by Gasteiger charge is 2.11. The number of hydrogen-bond donors (Lipinski definition) is 2. The average molecular weight is 245 g/mol. The zero-order valence-corrected chi connectivity index (χ0v) is 10.8. The number of nitrogens with zero attached hydrogens (tertiary/aromatic N) is 2. The average Bonchev–Trinajstić information content (AvgIpc) is 2.76. The van der Waals surface area contributed by atoms with E-state index in [-0.39, 0.29) is 0 Å². The number of nitrogens with one attached hydrogen (secondary N) is 1. The molecule has 2 aromatic rings. The molecular formula is C14H19N3O. The van der Waals surface area contributed by atoms with Gasteiger partial charge in [0.1, 0.15) is 0 Å². The van der Waals surface area contributed by atoms with Gasteiger partial charge in [-0.3, -0.25) is 10.00 Å². The highest BCUT2D eigenvalue weighted by Crippen LogP contribution is 2.14. The molecule has 0 spiro atoms. The van der Waals surface area contributed by atoms with Crippen molar-refractivity contribution in [3.05, 3.63) is 53.3 Å². The molecule has 2 N–H and O–H groups in total. The molecule has 0 fully saturated rings. The van der Waals surface area contributed by atoms with Gasteiger partial charge in [-0.25, -0.2) is 0 Å². The molecule has 2 rings (SSSR count). The van der Waals surface area contributed by atoms with Crippen LogP contribution < -0.4 is 0 Å². The van der Waals surface area contributed by atoms with Crippen LogP contribution in [0.25, 0.3) is 0 Å². The SMILES string of the molecule is Cc1[nH]ncc1CN(C)CC(O)c1ccccc1. The van der Waals surface area contributed by atoms with Crippen LogP contribution in [0.2, 0.25) is 0 Å². The normalized spacial score (nSPS) is 12.9. The molecule has 0 saturated carbocycles. The molecule has 0 amide bonds. The van der Waals surface area contributed by atoms with Crippen molar-refractivity contribution in [2.75, 3.05) is 13.6 Å². The summed E-state index contributed by atoms with van der Waals surface area (Å²) in [5.74, 6) is 0. The first-order valence-electron chi connectivity index (χ1n) is 6.07. The summed E-state index contributed by atoms with van der Waals surface area (Å²) in [5, 5.41) is 17.0. The van der Waals surface area contributed by atoms with E-state index in [0.29, 0.717) is 6.54 Å². The van der Waals surface area contributed by atoms with Crippen LogP contribution in [0.3, 0.4) is 0 Å². The van der Waals surface area contributed by atoms with Crippen molar-refractivity contribution in [2.24, 2.45) is 0 Å². The molecule has 1 heterocycles. The van der Waals surface area contributed by atoms with Crippen LogP contribution >= 0.6 is 0 Å². The van der Waals surface area contributed by atoms with Crippen LogP contribution in [0.15, 0.2) is 36.5 Å². The Morgan fingerprint density at radius 1 is 1.33 bits per heavy atom. The van der Waals surface area contributed by atoms with E-state index in [4.69, 9.17) is 0 Å². The highest BCUT2D eigenvalue weighted by molar-refractivity contribution is 5.18. The topological polar surface area (TPSA) is 52.2 Å². The highest BCUT2D eigenvalue weighted by atomic mass is 16.3. The first-order chi connectivity index (χ1) is 8.66. The minimum absolute atomic E-state index is 0.455. The number of aliphatic hydroxyl groups is 1. The first kappa shape index (κ1) is 12.8. The Balaban J connectivity index is 1.92. The van der Waals surface area contributed by atoms with Crippen molar-refractivity contribution in [3.8, 4) is 0 Å². The number of rotatable bonds is 5. The quantitative estimate of drug-likeness (QED) is 0.845. The van der Waals surface area contributed by atoms with E-state index in [0.717, 1.165) is 23.4 Å². The van der Waals surface area contributed by atoms with Crippen molar-refractivity contribution in [3.63, 3.8) is 0 Å². The molecule has 0 aliphatic carbocycles. The molecule has 4 heteroatoms. The van der Waals surface area contributed by atoms with Gasteiger partial charge in [-0.1, -0.05) is 30.3 Å². The Hall–Kier alpha value is -1.65. The van der Waals surface area contributed by atoms with Crippen LogP contribution in [-0.2, 0) is 6.54 Å². The summed E-state index contributed by atoms with van der Waals surface area (Å²) in [6.07, 6.45) is 1.38. The van der Waals surface area contributed by atoms with Crippen molar-refractivity contribution in [1.82, 2.24) is 15.1 Å². The Morgan fingerprint density at radius 3 is 2.67 bits per heavy atom. The van der Waals surface area contributed by atoms with Crippen molar-refractivity contribution in [2.45, 2.75) is 19.6 Å². The van der Waals surface area contributed by atoms with E-state index < -0.39 is 6.10 Å². The lowest BCUT2D eigenvalue weighted by Crippen LogP contribution is -2.24. The number of H-pyrrole nitrogens is 1. The van der Waals surface area contributed by atoms with Crippen LogP contribution in [0.5, 0.6) is 0 Å². The second kappa shape index (κ2) is 5.80. The molecule has 96 valence electrons. The number of likely N-dealkylation sites (N-methyl/N-ethyl adjacent to an activating group) is 1. The predicted molar refractivity (Wildman–Crippen MR) is 71.1 cm³/mol. The molecule has 18 heavy (non-hydrogen) atoms. The van der Waals surface area contributed by atoms with Gasteiger partial charge >= 0.3 is 0 Å². The van der Waals surface area contributed by atoms with Gasteiger partial charge in [-0.05, 0) is 19.5 Å². The van der Waals surface area contributed by atoms with Gasteiger partial charge in [0.05, 0.1) is 12.3 Å². The number of aromatic amines is 1. The molecule has 4 nitrogen and oxygen atoms in total. The van der Waals surface area contributed by atoms with E-state index in [2.05, 4.69) is 15.1 Å². The molecule has 0 radical (unpaired) electrons. The van der Waals surface area contributed by atoms with Crippen LogP contribution in [0, 0.1) is 6.92 Å². The number of aryl methyl sites for hydroxylation is 1. The number of aliphatic hydroxyl groups excluding tert-OH is 1. The smallest absolute Gasteiger partial charge is 0.0916 e. The molecule has 1 aromatic carbocycles. The molecule has 0 saturated heterocycles. The van der Waals surface area contributed by atoms with Crippen molar-refractivity contribution < 1.29 is 5.11 Å². The summed E-state index contributed by atoms with van der Waals surface area (Å²) >= 11 is 0. The summed E-state index contributed by atoms with van der Waals surface area (Å²) in [6.45, 7) is 3.39. The van der Waals surface area contributed by atoms with Crippen molar-refractivity contribution >= 4 is 0 Å². The molecule has 1 aromatic heterocycles. The number of aromatic nitrogens is 2. The molecule has 1 unspecified atom stereocenters. The zero-order chi connectivity index (χ0) is 13.0. The third-order valence-corrected chi connectivity index (χ3v) is 3.04. The lowest BCUT2D eigenvalue weighted by molar-refractivity contribution is 0.123. The summed E-state index contributed by atoms with van der Waals surface area (Å²) in [7, 11) is 2.00. The maximum Gasteiger partial charge on any atom is 0.0916 e. The summed E-state index contributed by atoms with van der Waals surface area (Å²) in [6, 6.07) is 9.73. The minimum atomic E-state index is -0.455. The minimum Gasteiger partial charge on any atom is -0.387 e. The third-order valence-electron chi connectivity index (χ3n) is 3.04. The molecular weight excluding hydrogens is 226 g/mol. The Bertz CT molecular complexity index is 481. The van der Waals surface area contributed by atoms with Gasteiger partial charge < -0.3 is 5.11 Å². The van der Waals surface area contributed by atoms with E-state index in [1.807, 2.05) is 50.5 Å². The molecule has 0 aliphatic heterocycles. The zero-order valence-electron chi connectivity index (χ0n) is 10.8. The number of benzene rings is 1. The standard InChI is InChI=1S/C14H19N3O/c1-11-13(8-15-16-11)9-17(2)10-14(18)12-6-4-3-5-7-12/h3-8,14,18H,9-10H2,1-2H3,(H,15,16). The maximum atomic E-state index is 10.1. The van der Waals surface area contributed by atoms with Crippen LogP contribution in [-0.4, -0.2) is 33.8 Å². The first-order valence-corrected chi connectivity index (χ1v) is 6.07. The molecule has 0 aliphatic rings. The summed E-state index contributed by atoms with van der Waals surface area (Å²) in [4.78, 5) is 2.09. The van der Waals surface area contributed by atoms with E-state index >= 15 is 0 Å². The second-order valence-electron chi connectivity index (χ2n) is 4.64. The third kappa shape index (κ3) is 3.18. The van der Waals surface area contributed by atoms with Crippen molar-refractivity contribution in [1.29, 1.82) is 0 Å². The van der Waals surface area contributed by atoms with E-state index in [1.54, 1.807) is 0 Å². The van der Waals surface area contributed by atoms with Gasteiger partial charge in [-0.15, -0.1) is 0 Å². The lowest BCUT2D eigenvalue weighted by atomic mass is 10.1. The van der Waals surface area contributed by atoms with Gasteiger partial charge in [0.2, 0.25) is 0 Å².